The molecule has 26 heavy (non-hydrogen) atoms. The average Bonchev–Trinajstić information content (AvgIpc) is 3.09. The number of amides is 1. The quantitative estimate of drug-likeness (QED) is 0.253. The summed E-state index contributed by atoms with van der Waals surface area (Å²) in [5, 5.41) is 12.0. The second-order valence-electron chi connectivity index (χ2n) is 6.01. The minimum Gasteiger partial charge on any atom is -0.331 e. The van der Waals surface area contributed by atoms with Crippen LogP contribution in [0, 0.1) is 0 Å². The molecule has 1 amide bonds. The molecule has 0 fully saturated rings. The maximum absolute atomic E-state index is 11.0. The van der Waals surface area contributed by atoms with Gasteiger partial charge in [-0.1, -0.05) is 36.4 Å². The summed E-state index contributed by atoms with van der Waals surface area (Å²) in [7, 11) is 0. The summed E-state index contributed by atoms with van der Waals surface area (Å²) in [4.78, 5) is 15.5. The lowest BCUT2D eigenvalue weighted by atomic mass is 10.2. The number of benzene rings is 2. The highest BCUT2D eigenvalue weighted by atomic mass is 16.5. The van der Waals surface area contributed by atoms with Gasteiger partial charge in [-0.25, -0.2) is 10.5 Å². The van der Waals surface area contributed by atoms with Crippen molar-refractivity contribution in [1.29, 1.82) is 0 Å². The lowest BCUT2D eigenvalue weighted by Gasteiger charge is -2.07. The third-order valence-corrected chi connectivity index (χ3v) is 4.11. The van der Waals surface area contributed by atoms with E-state index in [2.05, 4.69) is 27.0 Å². The number of carbonyl (C=O) groups excluding carboxylic acids is 1. The van der Waals surface area contributed by atoms with Crippen LogP contribution in [0.4, 0.5) is 0 Å². The molecule has 1 heterocycles. The summed E-state index contributed by atoms with van der Waals surface area (Å²) in [5.41, 5.74) is 5.66. The van der Waals surface area contributed by atoms with Crippen LogP contribution in [0.1, 0.15) is 17.5 Å². The Balaban J connectivity index is 1.52. The van der Waals surface area contributed by atoms with Crippen LogP contribution in [0.3, 0.4) is 0 Å². The summed E-state index contributed by atoms with van der Waals surface area (Å²) in [6, 6.07) is 16.2. The Hall–Kier alpha value is -2.96. The van der Waals surface area contributed by atoms with Gasteiger partial charge < -0.3 is 9.88 Å². The molecule has 3 rings (SSSR count). The topological polar surface area (TPSA) is 79.2 Å². The van der Waals surface area contributed by atoms with Crippen molar-refractivity contribution in [2.45, 2.75) is 19.5 Å². The average molecular weight is 350 g/mol. The molecule has 1 aromatic heterocycles. The van der Waals surface area contributed by atoms with Crippen LogP contribution in [0.2, 0.25) is 0 Å². The summed E-state index contributed by atoms with van der Waals surface area (Å²) in [6.07, 6.45) is 5.76. The number of aromatic nitrogens is 2. The van der Waals surface area contributed by atoms with E-state index in [-0.39, 0.29) is 0 Å². The molecular weight excluding hydrogens is 328 g/mol. The van der Waals surface area contributed by atoms with E-state index in [0.29, 0.717) is 0 Å². The molecule has 0 saturated heterocycles. The zero-order valence-electron chi connectivity index (χ0n) is 14.4. The molecule has 0 saturated carbocycles. The summed E-state index contributed by atoms with van der Waals surface area (Å²) in [5.74, 6) is -0.557. The number of rotatable bonds is 8. The standard InChI is InChI=1S/C20H22N4O2/c25-20(23-26)10-8-16-7-9-19-18(13-16)22-15-24(19)12-4-11-21-14-17-5-2-1-3-6-17/h1-3,5-10,13,15,21,26H,4,11-12,14H2,(H,23,25). The van der Waals surface area contributed by atoms with E-state index >= 15 is 0 Å². The third-order valence-electron chi connectivity index (χ3n) is 4.11. The highest BCUT2D eigenvalue weighted by Crippen LogP contribution is 2.16. The van der Waals surface area contributed by atoms with E-state index in [1.54, 1.807) is 11.6 Å². The van der Waals surface area contributed by atoms with Gasteiger partial charge in [0.15, 0.2) is 0 Å². The van der Waals surface area contributed by atoms with Gasteiger partial charge in [0.2, 0.25) is 0 Å². The first kappa shape index (κ1) is 17.8. The van der Waals surface area contributed by atoms with Crippen molar-refractivity contribution in [2.24, 2.45) is 0 Å². The van der Waals surface area contributed by atoms with Crippen LogP contribution in [-0.2, 0) is 17.9 Å². The maximum Gasteiger partial charge on any atom is 0.267 e. The summed E-state index contributed by atoms with van der Waals surface area (Å²) < 4.78 is 2.13. The van der Waals surface area contributed by atoms with Crippen LogP contribution < -0.4 is 10.8 Å². The van der Waals surface area contributed by atoms with Crippen LogP contribution in [0.25, 0.3) is 17.1 Å². The van der Waals surface area contributed by atoms with Gasteiger partial charge in [-0.2, -0.15) is 0 Å². The molecule has 0 radical (unpaired) electrons. The van der Waals surface area contributed by atoms with E-state index in [9.17, 15) is 4.79 Å². The van der Waals surface area contributed by atoms with Gasteiger partial charge in [0, 0.05) is 19.2 Å². The molecule has 2 aromatic carbocycles. The lowest BCUT2D eigenvalue weighted by molar-refractivity contribution is -0.124. The van der Waals surface area contributed by atoms with Gasteiger partial charge in [-0.05, 0) is 42.3 Å². The molecule has 0 spiro atoms. The fourth-order valence-electron chi connectivity index (χ4n) is 2.77. The van der Waals surface area contributed by atoms with Crippen molar-refractivity contribution >= 4 is 23.0 Å². The van der Waals surface area contributed by atoms with E-state index in [0.717, 1.165) is 42.7 Å². The molecule has 0 aliphatic heterocycles. The Bertz CT molecular complexity index is 887. The monoisotopic (exact) mass is 350 g/mol. The van der Waals surface area contributed by atoms with Crippen LogP contribution in [0.15, 0.2) is 60.9 Å². The highest BCUT2D eigenvalue weighted by molar-refractivity contribution is 5.91. The molecule has 0 bridgehead atoms. The van der Waals surface area contributed by atoms with Crippen molar-refractivity contribution < 1.29 is 10.0 Å². The van der Waals surface area contributed by atoms with Gasteiger partial charge >= 0.3 is 0 Å². The van der Waals surface area contributed by atoms with Crippen molar-refractivity contribution in [3.63, 3.8) is 0 Å². The normalized spacial score (nSPS) is 11.3. The van der Waals surface area contributed by atoms with E-state index in [4.69, 9.17) is 5.21 Å². The molecule has 0 atom stereocenters. The molecule has 6 heteroatoms. The Labute approximate surface area is 152 Å². The smallest absolute Gasteiger partial charge is 0.267 e. The highest BCUT2D eigenvalue weighted by Gasteiger charge is 2.03. The minimum atomic E-state index is -0.557. The molecule has 6 nitrogen and oxygen atoms in total. The van der Waals surface area contributed by atoms with Gasteiger partial charge in [0.25, 0.3) is 5.91 Å². The lowest BCUT2D eigenvalue weighted by Crippen LogP contribution is -2.16. The summed E-state index contributed by atoms with van der Waals surface area (Å²) >= 11 is 0. The first-order valence-corrected chi connectivity index (χ1v) is 8.58. The Morgan fingerprint density at radius 1 is 1.19 bits per heavy atom. The van der Waals surface area contributed by atoms with Crippen molar-refractivity contribution in [1.82, 2.24) is 20.3 Å². The zero-order chi connectivity index (χ0) is 18.2. The zero-order valence-corrected chi connectivity index (χ0v) is 14.4. The predicted molar refractivity (Wildman–Crippen MR) is 101 cm³/mol. The van der Waals surface area contributed by atoms with Crippen LogP contribution in [0.5, 0.6) is 0 Å². The minimum absolute atomic E-state index is 0.557. The number of imidazole rings is 1. The van der Waals surface area contributed by atoms with Gasteiger partial charge in [-0.15, -0.1) is 0 Å². The number of carbonyl (C=O) groups is 1. The first-order chi connectivity index (χ1) is 12.8. The van der Waals surface area contributed by atoms with Crippen LogP contribution >= 0.6 is 0 Å². The van der Waals surface area contributed by atoms with E-state index < -0.39 is 5.91 Å². The number of hydroxylamine groups is 1. The Morgan fingerprint density at radius 2 is 2.04 bits per heavy atom. The molecule has 0 unspecified atom stereocenters. The van der Waals surface area contributed by atoms with Crippen molar-refractivity contribution in [2.75, 3.05) is 6.54 Å². The van der Waals surface area contributed by atoms with Crippen LogP contribution in [-0.4, -0.2) is 27.2 Å². The molecule has 0 aliphatic rings. The van der Waals surface area contributed by atoms with Gasteiger partial charge in [0.1, 0.15) is 0 Å². The van der Waals surface area contributed by atoms with Crippen molar-refractivity contribution in [3.05, 3.63) is 72.1 Å². The summed E-state index contributed by atoms with van der Waals surface area (Å²) in [6.45, 7) is 2.70. The third kappa shape index (κ3) is 4.78. The largest absolute Gasteiger partial charge is 0.331 e. The predicted octanol–water partition coefficient (Wildman–Crippen LogP) is 2.73. The molecule has 3 N–H and O–H groups in total. The molecular formula is C20H22N4O2. The number of aryl methyl sites for hydroxylation is 1. The number of hydrogen-bond donors (Lipinski definition) is 3. The van der Waals surface area contributed by atoms with Crippen molar-refractivity contribution in [3.8, 4) is 0 Å². The molecule has 3 aromatic rings. The van der Waals surface area contributed by atoms with Gasteiger partial charge in [0.05, 0.1) is 17.4 Å². The first-order valence-electron chi connectivity index (χ1n) is 8.58. The number of nitrogens with one attached hydrogen (secondary N) is 2. The van der Waals surface area contributed by atoms with Gasteiger partial charge in [-0.3, -0.25) is 10.0 Å². The fraction of sp³-hybridized carbons (Fsp3) is 0.200. The number of fused-ring (bicyclic) bond motifs is 1. The molecule has 134 valence electrons. The Morgan fingerprint density at radius 3 is 2.85 bits per heavy atom. The van der Waals surface area contributed by atoms with E-state index in [1.165, 1.54) is 11.6 Å². The van der Waals surface area contributed by atoms with E-state index in [1.807, 2.05) is 42.7 Å². The number of nitrogens with zero attached hydrogens (tertiary/aromatic N) is 2. The Kier molecular flexibility index (Phi) is 6.14. The number of hydrogen-bond acceptors (Lipinski definition) is 4. The second-order valence-corrected chi connectivity index (χ2v) is 6.01. The SMILES string of the molecule is O=C(C=Cc1ccc2c(c1)ncn2CCCNCc1ccccc1)NO. The fourth-order valence-corrected chi connectivity index (χ4v) is 2.77. The maximum atomic E-state index is 11.0. The second kappa shape index (κ2) is 8.94. The molecule has 0 aliphatic carbocycles.